The van der Waals surface area contributed by atoms with Crippen molar-refractivity contribution in [2.24, 2.45) is 24.6 Å². The van der Waals surface area contributed by atoms with Gasteiger partial charge in [0.25, 0.3) is 5.92 Å². The lowest BCUT2D eigenvalue weighted by Crippen LogP contribution is -2.55. The van der Waals surface area contributed by atoms with E-state index >= 15 is 0 Å². The van der Waals surface area contributed by atoms with Gasteiger partial charge in [0, 0.05) is 44.8 Å². The SMILES string of the molecule is C[C@H]1CN(c2ncc(Cl)c(Nc3ccc4c(c3)n(CCC(C)(C)O)c(=O)n4C)n2)C[C@@H](CN)C1(F)F. The molecule has 1 fully saturated rings. The van der Waals surface area contributed by atoms with Gasteiger partial charge < -0.3 is 21.1 Å². The molecule has 12 heteroatoms. The van der Waals surface area contributed by atoms with Gasteiger partial charge in [0.05, 0.1) is 28.7 Å². The van der Waals surface area contributed by atoms with E-state index in [4.69, 9.17) is 17.3 Å². The number of aliphatic hydroxyl groups is 1. The van der Waals surface area contributed by atoms with Crippen LogP contribution in [0.3, 0.4) is 0 Å². The predicted octanol–water partition coefficient (Wildman–Crippen LogP) is 3.35. The van der Waals surface area contributed by atoms with E-state index < -0.39 is 23.4 Å². The monoisotopic (exact) mass is 523 g/mol. The summed E-state index contributed by atoms with van der Waals surface area (Å²) in [5.74, 6) is -4.16. The van der Waals surface area contributed by atoms with Crippen molar-refractivity contribution in [1.82, 2.24) is 19.1 Å². The average molecular weight is 524 g/mol. The smallest absolute Gasteiger partial charge is 0.328 e. The van der Waals surface area contributed by atoms with Crippen LogP contribution in [0.15, 0.2) is 29.2 Å². The highest BCUT2D eigenvalue weighted by molar-refractivity contribution is 6.32. The number of fused-ring (bicyclic) bond motifs is 1. The zero-order valence-electron chi connectivity index (χ0n) is 20.8. The van der Waals surface area contributed by atoms with Gasteiger partial charge in [0.1, 0.15) is 5.02 Å². The van der Waals surface area contributed by atoms with Crippen molar-refractivity contribution in [2.75, 3.05) is 29.9 Å². The summed E-state index contributed by atoms with van der Waals surface area (Å²) in [6.07, 6.45) is 1.84. The van der Waals surface area contributed by atoms with Gasteiger partial charge in [0.2, 0.25) is 5.95 Å². The summed E-state index contributed by atoms with van der Waals surface area (Å²) in [6, 6.07) is 5.43. The van der Waals surface area contributed by atoms with Crippen LogP contribution in [0.2, 0.25) is 5.02 Å². The zero-order valence-corrected chi connectivity index (χ0v) is 21.6. The second kappa shape index (κ2) is 9.60. The molecular weight excluding hydrogens is 492 g/mol. The number of nitrogens with one attached hydrogen (secondary N) is 1. The molecule has 9 nitrogen and oxygen atoms in total. The molecular formula is C24H32ClF2N7O2. The van der Waals surface area contributed by atoms with Crippen LogP contribution in [0.1, 0.15) is 27.2 Å². The predicted molar refractivity (Wildman–Crippen MR) is 137 cm³/mol. The van der Waals surface area contributed by atoms with Crippen molar-refractivity contribution in [2.45, 2.75) is 45.3 Å². The Hall–Kier alpha value is -2.76. The highest BCUT2D eigenvalue weighted by Gasteiger charge is 2.49. The van der Waals surface area contributed by atoms with Crippen LogP contribution in [-0.2, 0) is 13.6 Å². The Kier molecular flexibility index (Phi) is 7.02. The number of nitrogens with two attached hydrogens (primary N) is 1. The molecule has 0 amide bonds. The van der Waals surface area contributed by atoms with Crippen molar-refractivity contribution in [3.8, 4) is 0 Å². The number of halogens is 3. The number of hydrogen-bond acceptors (Lipinski definition) is 7. The number of aryl methyl sites for hydroxylation is 2. The second-order valence-corrected chi connectivity index (χ2v) is 10.6. The molecule has 3 heterocycles. The third-order valence-electron chi connectivity index (χ3n) is 6.79. The molecule has 1 aliphatic rings. The van der Waals surface area contributed by atoms with E-state index in [0.717, 1.165) is 5.52 Å². The summed E-state index contributed by atoms with van der Waals surface area (Å²) < 4.78 is 32.1. The molecule has 3 aromatic rings. The molecule has 2 atom stereocenters. The van der Waals surface area contributed by atoms with Crippen LogP contribution >= 0.6 is 11.6 Å². The van der Waals surface area contributed by atoms with Gasteiger partial charge in [-0.15, -0.1) is 0 Å². The van der Waals surface area contributed by atoms with Gasteiger partial charge in [-0.1, -0.05) is 18.5 Å². The second-order valence-electron chi connectivity index (χ2n) is 10.2. The minimum Gasteiger partial charge on any atom is -0.390 e. The molecule has 0 bridgehead atoms. The first-order valence-electron chi connectivity index (χ1n) is 11.9. The molecule has 0 unspecified atom stereocenters. The number of aromatic nitrogens is 4. The number of rotatable bonds is 7. The first kappa shape index (κ1) is 26.3. The minimum atomic E-state index is -2.86. The highest BCUT2D eigenvalue weighted by atomic mass is 35.5. The Morgan fingerprint density at radius 3 is 2.69 bits per heavy atom. The zero-order chi connectivity index (χ0) is 26.4. The molecule has 2 aromatic heterocycles. The summed E-state index contributed by atoms with van der Waals surface area (Å²) >= 11 is 6.36. The maximum Gasteiger partial charge on any atom is 0.328 e. The number of hydrogen-bond donors (Lipinski definition) is 3. The van der Waals surface area contributed by atoms with E-state index in [1.165, 1.54) is 13.1 Å². The largest absolute Gasteiger partial charge is 0.390 e. The molecule has 0 aliphatic carbocycles. The molecule has 1 aliphatic heterocycles. The fraction of sp³-hybridized carbons (Fsp3) is 0.542. The van der Waals surface area contributed by atoms with E-state index in [1.807, 2.05) is 12.1 Å². The number of alkyl halides is 2. The van der Waals surface area contributed by atoms with Crippen LogP contribution in [-0.4, -0.2) is 55.4 Å². The average Bonchev–Trinajstić information content (AvgIpc) is 3.04. The van der Waals surface area contributed by atoms with Gasteiger partial charge in [0.15, 0.2) is 5.82 Å². The standard InChI is InChI=1S/C24H32ClF2N7O2/c1-14-12-33(13-15(10-28)24(14,26)27)21-29-11-17(25)20(31-21)30-16-5-6-18-19(9-16)34(22(35)32(18)4)8-7-23(2,3)36/h5-6,9,11,14-15,36H,7-8,10,12-13,28H2,1-4H3,(H,29,30,31)/t14-,15+/m0/s1. The van der Waals surface area contributed by atoms with Crippen LogP contribution in [0, 0.1) is 11.8 Å². The highest BCUT2D eigenvalue weighted by Crippen LogP contribution is 2.38. The number of nitrogens with zero attached hydrogens (tertiary/aromatic N) is 5. The Labute approximate surface area is 212 Å². The lowest BCUT2D eigenvalue weighted by Gasteiger charge is -2.42. The van der Waals surface area contributed by atoms with Gasteiger partial charge in [-0.05, 0) is 38.5 Å². The van der Waals surface area contributed by atoms with Crippen LogP contribution in [0.25, 0.3) is 11.0 Å². The summed E-state index contributed by atoms with van der Waals surface area (Å²) in [4.78, 5) is 23.3. The summed E-state index contributed by atoms with van der Waals surface area (Å²) in [6.45, 7) is 5.23. The first-order valence-corrected chi connectivity index (χ1v) is 12.2. The van der Waals surface area contributed by atoms with Crippen molar-refractivity contribution < 1.29 is 13.9 Å². The van der Waals surface area contributed by atoms with Gasteiger partial charge >= 0.3 is 5.69 Å². The molecule has 1 aromatic carbocycles. The van der Waals surface area contributed by atoms with E-state index in [-0.39, 0.29) is 36.3 Å². The van der Waals surface area contributed by atoms with Crippen LogP contribution in [0.4, 0.5) is 26.2 Å². The maximum atomic E-state index is 14.5. The van der Waals surface area contributed by atoms with E-state index in [2.05, 4.69) is 15.3 Å². The molecule has 4 rings (SSSR count). The summed E-state index contributed by atoms with van der Waals surface area (Å²) in [5.41, 5.74) is 6.61. The van der Waals surface area contributed by atoms with Gasteiger partial charge in [-0.3, -0.25) is 9.13 Å². The quantitative estimate of drug-likeness (QED) is 0.435. The maximum absolute atomic E-state index is 14.5. The van der Waals surface area contributed by atoms with Crippen molar-refractivity contribution in [1.29, 1.82) is 0 Å². The summed E-state index contributed by atoms with van der Waals surface area (Å²) in [5, 5.41) is 13.6. The van der Waals surface area contributed by atoms with E-state index in [1.54, 1.807) is 41.0 Å². The summed E-state index contributed by atoms with van der Waals surface area (Å²) in [7, 11) is 1.70. The number of anilines is 3. The van der Waals surface area contributed by atoms with Crippen molar-refractivity contribution in [3.63, 3.8) is 0 Å². The first-order chi connectivity index (χ1) is 16.8. The molecule has 0 saturated carbocycles. The topological polar surface area (TPSA) is 114 Å². The molecule has 0 radical (unpaired) electrons. The lowest BCUT2D eigenvalue weighted by molar-refractivity contribution is -0.108. The molecule has 36 heavy (non-hydrogen) atoms. The third kappa shape index (κ3) is 5.05. The van der Waals surface area contributed by atoms with Crippen molar-refractivity contribution >= 4 is 40.1 Å². The van der Waals surface area contributed by atoms with Crippen LogP contribution in [0.5, 0.6) is 0 Å². The van der Waals surface area contributed by atoms with Gasteiger partial charge in [-0.2, -0.15) is 4.98 Å². The molecule has 196 valence electrons. The fourth-order valence-corrected chi connectivity index (χ4v) is 4.67. The number of benzene rings is 1. The Bertz CT molecular complexity index is 1320. The van der Waals surface area contributed by atoms with E-state index in [0.29, 0.717) is 30.0 Å². The Balaban J connectivity index is 1.63. The Morgan fingerprint density at radius 2 is 2.03 bits per heavy atom. The van der Waals surface area contributed by atoms with Gasteiger partial charge in [-0.25, -0.2) is 18.6 Å². The lowest BCUT2D eigenvalue weighted by atomic mass is 9.86. The number of piperidine rings is 1. The Morgan fingerprint density at radius 1 is 1.31 bits per heavy atom. The van der Waals surface area contributed by atoms with E-state index in [9.17, 15) is 18.7 Å². The van der Waals surface area contributed by atoms with Crippen molar-refractivity contribution in [3.05, 3.63) is 39.9 Å². The normalized spacial score (nSPS) is 20.2. The third-order valence-corrected chi connectivity index (χ3v) is 7.07. The molecule has 0 spiro atoms. The molecule has 4 N–H and O–H groups in total. The molecule has 1 saturated heterocycles. The van der Waals surface area contributed by atoms with Crippen LogP contribution < -0.4 is 21.6 Å². The fourth-order valence-electron chi connectivity index (χ4n) is 4.54. The number of imidazole rings is 1. The minimum absolute atomic E-state index is 0.0400.